The maximum Gasteiger partial charge on any atom is 0.243 e. The van der Waals surface area contributed by atoms with E-state index >= 15 is 0 Å². The van der Waals surface area contributed by atoms with Crippen molar-refractivity contribution in [2.45, 2.75) is 44.4 Å². The Bertz CT molecular complexity index is 884. The highest BCUT2D eigenvalue weighted by Gasteiger charge is 2.39. The van der Waals surface area contributed by atoms with Crippen LogP contribution in [-0.4, -0.2) is 70.5 Å². The number of rotatable bonds is 9. The number of thiazole rings is 1. The molecular weight excluding hydrogens is 406 g/mol. The molecule has 162 valence electrons. The Morgan fingerprint density at radius 3 is 2.83 bits per heavy atom. The van der Waals surface area contributed by atoms with Crippen LogP contribution in [0.15, 0.2) is 24.3 Å². The van der Waals surface area contributed by atoms with Gasteiger partial charge in [0.2, 0.25) is 17.6 Å². The van der Waals surface area contributed by atoms with E-state index in [1.165, 1.54) is 23.2 Å². The van der Waals surface area contributed by atoms with Gasteiger partial charge in [0.25, 0.3) is 0 Å². The molecule has 5 N–H and O–H groups in total. The fraction of sp³-hybridized carbons (Fsp3) is 0.500. The molecule has 2 amide bonds. The minimum absolute atomic E-state index is 0.115. The summed E-state index contributed by atoms with van der Waals surface area (Å²) in [5.74, 6) is -0.980. The lowest BCUT2D eigenvalue weighted by Gasteiger charge is -2.24. The highest BCUT2D eigenvalue weighted by Crippen LogP contribution is 2.24. The van der Waals surface area contributed by atoms with Crippen LogP contribution in [0, 0.1) is 0 Å². The lowest BCUT2D eigenvalue weighted by atomic mass is 10.1. The van der Waals surface area contributed by atoms with Crippen molar-refractivity contribution in [2.24, 2.45) is 5.73 Å². The zero-order valence-corrected chi connectivity index (χ0v) is 17.7. The molecule has 1 aromatic carbocycles. The van der Waals surface area contributed by atoms with Gasteiger partial charge in [0, 0.05) is 26.6 Å². The van der Waals surface area contributed by atoms with Crippen molar-refractivity contribution < 1.29 is 19.5 Å². The number of ketones is 1. The number of β-amino-alcohol motifs (C(OH)–C–C–N with tert-alkyl or cyclic N) is 1. The molecule has 0 saturated carbocycles. The summed E-state index contributed by atoms with van der Waals surface area (Å²) < 4.78 is 0.900. The van der Waals surface area contributed by atoms with Gasteiger partial charge in [-0.25, -0.2) is 4.98 Å². The SMILES string of the molecule is CC(=O)N1C[C@H](O)C[C@H]1C(=O)N[C@@H](CCCNCN)C(=O)c1nc2ccccc2s1. The van der Waals surface area contributed by atoms with Crippen LogP contribution in [0.4, 0.5) is 0 Å². The minimum atomic E-state index is -0.787. The third-order valence-electron chi connectivity index (χ3n) is 5.11. The number of carbonyl (C=O) groups is 3. The van der Waals surface area contributed by atoms with Crippen LogP contribution >= 0.6 is 11.3 Å². The van der Waals surface area contributed by atoms with Gasteiger partial charge in [-0.3, -0.25) is 14.4 Å². The first-order chi connectivity index (χ1) is 14.4. The molecule has 1 aromatic heterocycles. The van der Waals surface area contributed by atoms with Crippen LogP contribution < -0.4 is 16.4 Å². The van der Waals surface area contributed by atoms with Crippen LogP contribution in [0.2, 0.25) is 0 Å². The Morgan fingerprint density at radius 2 is 2.13 bits per heavy atom. The molecule has 3 atom stereocenters. The summed E-state index contributed by atoms with van der Waals surface area (Å²) in [6, 6.07) is 5.91. The van der Waals surface area contributed by atoms with E-state index in [0.717, 1.165) is 10.2 Å². The number of hydrogen-bond acceptors (Lipinski definition) is 8. The van der Waals surface area contributed by atoms with E-state index in [2.05, 4.69) is 15.6 Å². The van der Waals surface area contributed by atoms with Crippen molar-refractivity contribution in [1.29, 1.82) is 0 Å². The molecule has 10 heteroatoms. The van der Waals surface area contributed by atoms with Gasteiger partial charge in [-0.15, -0.1) is 11.3 Å². The predicted octanol–water partition coefficient (Wildman–Crippen LogP) is 0.232. The van der Waals surface area contributed by atoms with E-state index < -0.39 is 24.1 Å². The van der Waals surface area contributed by atoms with Gasteiger partial charge < -0.3 is 26.4 Å². The zero-order valence-electron chi connectivity index (χ0n) is 16.8. The number of aliphatic hydroxyl groups is 1. The standard InChI is InChI=1S/C20H27N5O4S/c1-12(26)25-10-13(27)9-16(25)19(29)23-15(6-4-8-22-11-21)18(28)20-24-14-5-2-3-7-17(14)30-20/h2-3,5,7,13,15-16,22,27H,4,6,8-11,21H2,1H3,(H,23,29)/t13-,15+,16+/m1/s1. The number of Topliss-reactive ketones (excluding diaryl/α,β-unsaturated/α-hetero) is 1. The molecule has 1 aliphatic rings. The number of nitrogens with zero attached hydrogens (tertiary/aromatic N) is 2. The van der Waals surface area contributed by atoms with Crippen LogP contribution in [0.1, 0.15) is 36.0 Å². The molecule has 9 nitrogen and oxygen atoms in total. The molecule has 3 rings (SSSR count). The maximum absolute atomic E-state index is 13.2. The Balaban J connectivity index is 1.76. The third kappa shape index (κ3) is 5.20. The number of aromatic nitrogens is 1. The number of nitrogens with one attached hydrogen (secondary N) is 2. The van der Waals surface area contributed by atoms with Crippen molar-refractivity contribution in [3.63, 3.8) is 0 Å². The van der Waals surface area contributed by atoms with Crippen molar-refractivity contribution in [2.75, 3.05) is 19.8 Å². The lowest BCUT2D eigenvalue weighted by Crippen LogP contribution is -2.50. The van der Waals surface area contributed by atoms with E-state index in [-0.39, 0.29) is 24.7 Å². The van der Waals surface area contributed by atoms with E-state index in [1.807, 2.05) is 24.3 Å². The summed E-state index contributed by atoms with van der Waals surface area (Å²) in [7, 11) is 0. The molecule has 0 unspecified atom stereocenters. The number of benzene rings is 1. The fourth-order valence-corrected chi connectivity index (χ4v) is 4.57. The van der Waals surface area contributed by atoms with Gasteiger partial charge in [0.15, 0.2) is 5.01 Å². The van der Waals surface area contributed by atoms with E-state index in [1.54, 1.807) is 0 Å². The minimum Gasteiger partial charge on any atom is -0.391 e. The number of aliphatic hydroxyl groups excluding tert-OH is 1. The molecule has 0 spiro atoms. The second-order valence-electron chi connectivity index (χ2n) is 7.34. The van der Waals surface area contributed by atoms with Crippen LogP contribution in [0.5, 0.6) is 0 Å². The second-order valence-corrected chi connectivity index (χ2v) is 8.37. The predicted molar refractivity (Wildman–Crippen MR) is 114 cm³/mol. The van der Waals surface area contributed by atoms with E-state index in [4.69, 9.17) is 5.73 Å². The molecular formula is C20H27N5O4S. The summed E-state index contributed by atoms with van der Waals surface area (Å²) in [5.41, 5.74) is 6.18. The molecule has 1 saturated heterocycles. The number of likely N-dealkylation sites (tertiary alicyclic amines) is 1. The summed E-state index contributed by atoms with van der Waals surface area (Å²) in [6.45, 7) is 2.42. The molecule has 2 aromatic rings. The van der Waals surface area contributed by atoms with Gasteiger partial charge >= 0.3 is 0 Å². The molecule has 0 bridgehead atoms. The Hall–Kier alpha value is -2.40. The smallest absolute Gasteiger partial charge is 0.243 e. The average molecular weight is 434 g/mol. The first kappa shape index (κ1) is 22.3. The molecule has 0 aliphatic carbocycles. The quantitative estimate of drug-likeness (QED) is 0.252. The second kappa shape index (κ2) is 10.1. The van der Waals surface area contributed by atoms with Gasteiger partial charge in [0.05, 0.1) is 22.4 Å². The van der Waals surface area contributed by atoms with Crippen molar-refractivity contribution in [1.82, 2.24) is 20.5 Å². The molecule has 2 heterocycles. The zero-order chi connectivity index (χ0) is 21.7. The largest absolute Gasteiger partial charge is 0.391 e. The monoisotopic (exact) mass is 433 g/mol. The van der Waals surface area contributed by atoms with Gasteiger partial charge in [-0.1, -0.05) is 12.1 Å². The number of hydrogen-bond donors (Lipinski definition) is 4. The van der Waals surface area contributed by atoms with Gasteiger partial charge in [0.1, 0.15) is 6.04 Å². The third-order valence-corrected chi connectivity index (χ3v) is 6.17. The highest BCUT2D eigenvalue weighted by atomic mass is 32.1. The number of amides is 2. The number of para-hydroxylation sites is 1. The van der Waals surface area contributed by atoms with Crippen LogP contribution in [0.3, 0.4) is 0 Å². The number of carbonyl (C=O) groups excluding carboxylic acids is 3. The first-order valence-corrected chi connectivity index (χ1v) is 10.8. The Labute approximate surface area is 178 Å². The van der Waals surface area contributed by atoms with Crippen LogP contribution in [-0.2, 0) is 9.59 Å². The Morgan fingerprint density at radius 1 is 1.37 bits per heavy atom. The molecule has 30 heavy (non-hydrogen) atoms. The van der Waals surface area contributed by atoms with E-state index in [0.29, 0.717) is 31.1 Å². The number of fused-ring (bicyclic) bond motifs is 1. The molecule has 1 aliphatic heterocycles. The molecule has 1 fully saturated rings. The maximum atomic E-state index is 13.2. The van der Waals surface area contributed by atoms with Crippen molar-refractivity contribution in [3.05, 3.63) is 29.3 Å². The molecule has 0 radical (unpaired) electrons. The van der Waals surface area contributed by atoms with E-state index in [9.17, 15) is 19.5 Å². The highest BCUT2D eigenvalue weighted by molar-refractivity contribution is 7.20. The normalized spacial score (nSPS) is 19.8. The summed E-state index contributed by atoms with van der Waals surface area (Å²) in [4.78, 5) is 43.6. The van der Waals surface area contributed by atoms with Gasteiger partial charge in [-0.2, -0.15) is 0 Å². The summed E-state index contributed by atoms with van der Waals surface area (Å²) in [5, 5.41) is 16.0. The average Bonchev–Trinajstić information content (AvgIpc) is 3.33. The number of nitrogens with two attached hydrogens (primary N) is 1. The summed E-state index contributed by atoms with van der Waals surface area (Å²) >= 11 is 1.29. The topological polar surface area (TPSA) is 138 Å². The van der Waals surface area contributed by atoms with Crippen LogP contribution in [0.25, 0.3) is 10.2 Å². The first-order valence-electron chi connectivity index (χ1n) is 9.97. The van der Waals surface area contributed by atoms with Gasteiger partial charge in [-0.05, 0) is 31.5 Å². The van der Waals surface area contributed by atoms with Crippen molar-refractivity contribution in [3.8, 4) is 0 Å². The van der Waals surface area contributed by atoms with Crippen molar-refractivity contribution >= 4 is 39.2 Å². The lowest BCUT2D eigenvalue weighted by molar-refractivity contribution is -0.137. The fourth-order valence-electron chi connectivity index (χ4n) is 3.61. The Kier molecular flexibility index (Phi) is 7.48. The summed E-state index contributed by atoms with van der Waals surface area (Å²) in [6.07, 6.45) is 0.435.